The summed E-state index contributed by atoms with van der Waals surface area (Å²) in [5, 5.41) is 2.84. The van der Waals surface area contributed by atoms with Gasteiger partial charge in [0, 0.05) is 12.1 Å². The lowest BCUT2D eigenvalue weighted by atomic mass is 10.1. The van der Waals surface area contributed by atoms with E-state index in [-0.39, 0.29) is 24.6 Å². The number of hydrogen-bond acceptors (Lipinski definition) is 4. The first kappa shape index (κ1) is 16.3. The number of carbonyl (C=O) groups excluding carboxylic acids is 1. The number of hydrogen-bond donors (Lipinski definition) is 2. The normalized spacial score (nSPS) is 13.4. The van der Waals surface area contributed by atoms with Gasteiger partial charge in [-0.05, 0) is 38.0 Å². The van der Waals surface area contributed by atoms with Gasteiger partial charge in [-0.1, -0.05) is 13.0 Å². The van der Waals surface area contributed by atoms with E-state index >= 15 is 0 Å². The fourth-order valence-corrected chi connectivity index (χ4v) is 1.65. The van der Waals surface area contributed by atoms with Gasteiger partial charge in [0.15, 0.2) is 18.1 Å². The molecule has 0 saturated carbocycles. The molecule has 1 aromatic carbocycles. The predicted octanol–water partition coefficient (Wildman–Crippen LogP) is 2.01. The molecule has 1 amide bonds. The molecule has 112 valence electrons. The van der Waals surface area contributed by atoms with Crippen molar-refractivity contribution >= 4 is 5.91 Å². The molecule has 0 aliphatic rings. The van der Waals surface area contributed by atoms with Gasteiger partial charge in [-0.25, -0.2) is 0 Å². The molecule has 0 saturated heterocycles. The maximum Gasteiger partial charge on any atom is 0.258 e. The van der Waals surface area contributed by atoms with Crippen LogP contribution in [0.5, 0.6) is 11.5 Å². The molecule has 1 rings (SSSR count). The Bertz CT molecular complexity index is 447. The van der Waals surface area contributed by atoms with Gasteiger partial charge in [0.05, 0.1) is 7.11 Å². The minimum absolute atomic E-state index is 0.0295. The average Bonchev–Trinajstić information content (AvgIpc) is 2.44. The van der Waals surface area contributed by atoms with Gasteiger partial charge in [0.2, 0.25) is 0 Å². The first-order valence-corrected chi connectivity index (χ1v) is 6.83. The van der Waals surface area contributed by atoms with Gasteiger partial charge >= 0.3 is 0 Å². The van der Waals surface area contributed by atoms with E-state index in [4.69, 9.17) is 15.2 Å². The number of ether oxygens (including phenoxy) is 2. The second-order valence-electron chi connectivity index (χ2n) is 4.86. The van der Waals surface area contributed by atoms with Crippen LogP contribution < -0.4 is 20.5 Å². The average molecular weight is 280 g/mol. The van der Waals surface area contributed by atoms with Crippen molar-refractivity contribution in [2.24, 2.45) is 5.73 Å². The quantitative estimate of drug-likeness (QED) is 0.801. The van der Waals surface area contributed by atoms with Crippen molar-refractivity contribution in [3.05, 3.63) is 23.8 Å². The Hall–Kier alpha value is -1.75. The molecule has 0 fully saturated rings. The van der Waals surface area contributed by atoms with Crippen molar-refractivity contribution in [1.29, 1.82) is 0 Å². The lowest BCUT2D eigenvalue weighted by molar-refractivity contribution is -0.123. The van der Waals surface area contributed by atoms with Crippen LogP contribution in [-0.2, 0) is 4.79 Å². The van der Waals surface area contributed by atoms with Crippen LogP contribution in [0.1, 0.15) is 38.8 Å². The molecule has 1 unspecified atom stereocenters. The lowest BCUT2D eigenvalue weighted by Crippen LogP contribution is -2.35. The molecule has 0 aliphatic heterocycles. The first-order chi connectivity index (χ1) is 9.47. The Balaban J connectivity index is 2.66. The molecule has 5 heteroatoms. The summed E-state index contributed by atoms with van der Waals surface area (Å²) in [4.78, 5) is 11.7. The van der Waals surface area contributed by atoms with Crippen LogP contribution in [0.25, 0.3) is 0 Å². The predicted molar refractivity (Wildman–Crippen MR) is 79.0 cm³/mol. The molecule has 0 radical (unpaired) electrons. The van der Waals surface area contributed by atoms with Crippen LogP contribution >= 0.6 is 0 Å². The van der Waals surface area contributed by atoms with E-state index in [0.717, 1.165) is 12.0 Å². The smallest absolute Gasteiger partial charge is 0.258 e. The summed E-state index contributed by atoms with van der Waals surface area (Å²) in [6, 6.07) is 5.54. The number of rotatable bonds is 7. The van der Waals surface area contributed by atoms with E-state index in [0.29, 0.717) is 11.5 Å². The SMILES string of the molecule is CCC(C)NC(=O)COc1ccc([C@H](C)N)cc1OC. The second-order valence-corrected chi connectivity index (χ2v) is 4.86. The molecule has 3 N–H and O–H groups in total. The van der Waals surface area contributed by atoms with Crippen molar-refractivity contribution in [3.63, 3.8) is 0 Å². The molecule has 20 heavy (non-hydrogen) atoms. The highest BCUT2D eigenvalue weighted by molar-refractivity contribution is 5.77. The third-order valence-electron chi connectivity index (χ3n) is 3.09. The van der Waals surface area contributed by atoms with Crippen molar-refractivity contribution in [1.82, 2.24) is 5.32 Å². The van der Waals surface area contributed by atoms with Crippen LogP contribution in [-0.4, -0.2) is 25.7 Å². The Morgan fingerprint density at radius 1 is 1.35 bits per heavy atom. The Kier molecular flexibility index (Phi) is 6.31. The van der Waals surface area contributed by atoms with Gasteiger partial charge in [-0.2, -0.15) is 0 Å². The van der Waals surface area contributed by atoms with Gasteiger partial charge in [0.25, 0.3) is 5.91 Å². The Labute approximate surface area is 120 Å². The molecule has 0 heterocycles. The number of amides is 1. The van der Waals surface area contributed by atoms with Crippen molar-refractivity contribution in [2.75, 3.05) is 13.7 Å². The fraction of sp³-hybridized carbons (Fsp3) is 0.533. The largest absolute Gasteiger partial charge is 0.493 e. The lowest BCUT2D eigenvalue weighted by Gasteiger charge is -2.15. The van der Waals surface area contributed by atoms with Gasteiger partial charge < -0.3 is 20.5 Å². The topological polar surface area (TPSA) is 73.6 Å². The van der Waals surface area contributed by atoms with Gasteiger partial charge in [-0.3, -0.25) is 4.79 Å². The maximum atomic E-state index is 11.7. The highest BCUT2D eigenvalue weighted by Gasteiger charge is 2.11. The van der Waals surface area contributed by atoms with Crippen LogP contribution in [0, 0.1) is 0 Å². The number of carbonyl (C=O) groups is 1. The third-order valence-corrected chi connectivity index (χ3v) is 3.09. The molecule has 0 spiro atoms. The van der Waals surface area contributed by atoms with E-state index in [9.17, 15) is 4.79 Å². The standard InChI is InChI=1S/C15H24N2O3/c1-5-10(2)17-15(18)9-20-13-7-6-12(11(3)16)8-14(13)19-4/h6-8,10-11H,5,9,16H2,1-4H3,(H,17,18)/t10?,11-/m0/s1. The summed E-state index contributed by atoms with van der Waals surface area (Å²) in [6.07, 6.45) is 0.887. The molecule has 0 aliphatic carbocycles. The van der Waals surface area contributed by atoms with E-state index in [1.807, 2.05) is 32.9 Å². The summed E-state index contributed by atoms with van der Waals surface area (Å²) in [7, 11) is 1.56. The minimum atomic E-state index is -0.141. The molecular formula is C15H24N2O3. The van der Waals surface area contributed by atoms with Crippen LogP contribution in [0.15, 0.2) is 18.2 Å². The molecule has 1 aromatic rings. The molecule has 2 atom stereocenters. The summed E-state index contributed by atoms with van der Waals surface area (Å²) in [5.74, 6) is 0.977. The van der Waals surface area contributed by atoms with E-state index in [1.165, 1.54) is 0 Å². The first-order valence-electron chi connectivity index (χ1n) is 6.83. The van der Waals surface area contributed by atoms with E-state index in [2.05, 4.69) is 5.32 Å². The zero-order chi connectivity index (χ0) is 15.1. The molecular weight excluding hydrogens is 256 g/mol. The number of methoxy groups -OCH3 is 1. The van der Waals surface area contributed by atoms with Crippen LogP contribution in [0.2, 0.25) is 0 Å². The molecule has 0 bridgehead atoms. The summed E-state index contributed by atoms with van der Waals surface area (Å²) in [5.41, 5.74) is 6.78. The van der Waals surface area contributed by atoms with Gasteiger partial charge in [-0.15, -0.1) is 0 Å². The highest BCUT2D eigenvalue weighted by atomic mass is 16.5. The van der Waals surface area contributed by atoms with E-state index in [1.54, 1.807) is 13.2 Å². The van der Waals surface area contributed by atoms with Crippen LogP contribution in [0.3, 0.4) is 0 Å². The second kappa shape index (κ2) is 7.75. The Morgan fingerprint density at radius 2 is 2.05 bits per heavy atom. The maximum absolute atomic E-state index is 11.7. The summed E-state index contributed by atoms with van der Waals surface area (Å²) >= 11 is 0. The summed E-state index contributed by atoms with van der Waals surface area (Å²) < 4.78 is 10.8. The number of nitrogens with two attached hydrogens (primary N) is 1. The third kappa shape index (κ3) is 4.74. The van der Waals surface area contributed by atoms with Crippen LogP contribution in [0.4, 0.5) is 0 Å². The zero-order valence-corrected chi connectivity index (χ0v) is 12.6. The minimum Gasteiger partial charge on any atom is -0.493 e. The van der Waals surface area contributed by atoms with Crippen molar-refractivity contribution in [3.8, 4) is 11.5 Å². The Morgan fingerprint density at radius 3 is 2.60 bits per heavy atom. The number of nitrogens with one attached hydrogen (secondary N) is 1. The zero-order valence-electron chi connectivity index (χ0n) is 12.6. The summed E-state index contributed by atoms with van der Waals surface area (Å²) in [6.45, 7) is 5.84. The van der Waals surface area contributed by atoms with Crippen molar-refractivity contribution < 1.29 is 14.3 Å². The van der Waals surface area contributed by atoms with Crippen molar-refractivity contribution in [2.45, 2.75) is 39.3 Å². The highest BCUT2D eigenvalue weighted by Crippen LogP contribution is 2.29. The fourth-order valence-electron chi connectivity index (χ4n) is 1.65. The van der Waals surface area contributed by atoms with E-state index < -0.39 is 0 Å². The number of benzene rings is 1. The van der Waals surface area contributed by atoms with Gasteiger partial charge in [0.1, 0.15) is 0 Å². The molecule has 0 aromatic heterocycles. The monoisotopic (exact) mass is 280 g/mol. The molecule has 5 nitrogen and oxygen atoms in total.